The highest BCUT2D eigenvalue weighted by atomic mass is 16.5. The molecule has 1 unspecified atom stereocenters. The molecule has 1 aromatic heterocycles. The van der Waals surface area contributed by atoms with Gasteiger partial charge in [0.1, 0.15) is 23.2 Å². The van der Waals surface area contributed by atoms with Gasteiger partial charge in [0.25, 0.3) is 5.91 Å². The van der Waals surface area contributed by atoms with E-state index in [4.69, 9.17) is 9.47 Å². The molecule has 0 saturated carbocycles. The highest BCUT2D eigenvalue weighted by Gasteiger charge is 2.41. The minimum atomic E-state index is -0.966. The van der Waals surface area contributed by atoms with Crippen LogP contribution in [0.15, 0.2) is 66.7 Å². The molecule has 206 valence electrons. The van der Waals surface area contributed by atoms with E-state index in [0.717, 1.165) is 16.7 Å². The van der Waals surface area contributed by atoms with E-state index in [2.05, 4.69) is 15.6 Å². The van der Waals surface area contributed by atoms with Crippen LogP contribution in [-0.2, 0) is 11.3 Å². The van der Waals surface area contributed by atoms with E-state index in [9.17, 15) is 9.59 Å². The zero-order valence-electron chi connectivity index (χ0n) is 23.6. The van der Waals surface area contributed by atoms with Gasteiger partial charge in [-0.1, -0.05) is 47.2 Å². The van der Waals surface area contributed by atoms with Gasteiger partial charge in [0, 0.05) is 23.2 Å². The van der Waals surface area contributed by atoms with Crippen molar-refractivity contribution in [2.45, 2.75) is 45.8 Å². The van der Waals surface area contributed by atoms with E-state index < -0.39 is 11.6 Å². The lowest BCUT2D eigenvalue weighted by Gasteiger charge is -2.33. The number of ether oxygens (including phenoxy) is 2. The van der Waals surface area contributed by atoms with Crippen LogP contribution < -0.4 is 14.8 Å². The second-order valence-corrected chi connectivity index (χ2v) is 10.9. The normalized spacial score (nSPS) is 14.7. The van der Waals surface area contributed by atoms with Gasteiger partial charge in [-0.25, -0.2) is 4.68 Å². The standard InChI is InChI=1S/C31H33N5O4/c1-19-7-11-21(12-8-19)26-28-30(38)35(18-20-9-13-22(39-5)14-10-20)27(29(37)32-31(2,3)4)24-17-23(40-6)15-16-25(24)36(28)34-33-26/h7-17,27H,18H2,1-6H3,(H,32,37). The van der Waals surface area contributed by atoms with Crippen LogP contribution in [0.3, 0.4) is 0 Å². The fraction of sp³-hybridized carbons (Fsp3) is 0.290. The molecule has 1 aliphatic rings. The van der Waals surface area contributed by atoms with Gasteiger partial charge in [-0.2, -0.15) is 0 Å². The monoisotopic (exact) mass is 539 g/mol. The summed E-state index contributed by atoms with van der Waals surface area (Å²) in [6, 6.07) is 19.7. The first kappa shape index (κ1) is 26.9. The van der Waals surface area contributed by atoms with Crippen molar-refractivity contribution in [3.63, 3.8) is 0 Å². The Kier molecular flexibility index (Phi) is 7.06. The highest BCUT2D eigenvalue weighted by Crippen LogP contribution is 2.38. The molecule has 3 aromatic carbocycles. The van der Waals surface area contributed by atoms with Gasteiger partial charge in [-0.05, 0) is 63.6 Å². The van der Waals surface area contributed by atoms with Crippen molar-refractivity contribution in [3.05, 3.63) is 89.1 Å². The van der Waals surface area contributed by atoms with Crippen LogP contribution in [0.4, 0.5) is 0 Å². The van der Waals surface area contributed by atoms with Crippen LogP contribution in [0.25, 0.3) is 16.9 Å². The first-order chi connectivity index (χ1) is 19.1. The first-order valence-corrected chi connectivity index (χ1v) is 13.1. The Labute approximate surface area is 233 Å². The van der Waals surface area contributed by atoms with Crippen LogP contribution >= 0.6 is 0 Å². The van der Waals surface area contributed by atoms with Crippen molar-refractivity contribution < 1.29 is 19.1 Å². The van der Waals surface area contributed by atoms with Gasteiger partial charge in [0.05, 0.1) is 19.9 Å². The Bertz CT molecular complexity index is 1550. The predicted octanol–water partition coefficient (Wildman–Crippen LogP) is 4.87. The van der Waals surface area contributed by atoms with Gasteiger partial charge in [-0.3, -0.25) is 9.59 Å². The topological polar surface area (TPSA) is 98.6 Å². The van der Waals surface area contributed by atoms with E-state index in [1.807, 2.05) is 82.3 Å². The molecular formula is C31H33N5O4. The van der Waals surface area contributed by atoms with Gasteiger partial charge in [0.2, 0.25) is 5.91 Å². The van der Waals surface area contributed by atoms with Crippen LogP contribution in [0.1, 0.15) is 54.0 Å². The Morgan fingerprint density at radius 3 is 2.23 bits per heavy atom. The summed E-state index contributed by atoms with van der Waals surface area (Å²) in [5, 5.41) is 11.9. The maximum absolute atomic E-state index is 14.6. The molecule has 0 fully saturated rings. The number of methoxy groups -OCH3 is 2. The van der Waals surface area contributed by atoms with E-state index in [0.29, 0.717) is 28.4 Å². The average molecular weight is 540 g/mol. The van der Waals surface area contributed by atoms with E-state index >= 15 is 0 Å². The largest absolute Gasteiger partial charge is 0.497 e. The lowest BCUT2D eigenvalue weighted by molar-refractivity contribution is -0.127. The third-order valence-electron chi connectivity index (χ3n) is 6.79. The molecule has 9 heteroatoms. The second-order valence-electron chi connectivity index (χ2n) is 10.9. The summed E-state index contributed by atoms with van der Waals surface area (Å²) in [4.78, 5) is 30.2. The number of benzene rings is 3. The molecule has 1 aliphatic heterocycles. The number of nitrogens with one attached hydrogen (secondary N) is 1. The number of aryl methyl sites for hydroxylation is 1. The SMILES string of the molecule is COc1ccc(CN2C(=O)c3c(-c4ccc(C)cc4)nnn3-c3ccc(OC)cc3C2C(=O)NC(C)(C)C)cc1. The quantitative estimate of drug-likeness (QED) is 0.375. The number of hydrogen-bond acceptors (Lipinski definition) is 6. The molecule has 1 atom stereocenters. The summed E-state index contributed by atoms with van der Waals surface area (Å²) in [6.07, 6.45) is 0. The van der Waals surface area contributed by atoms with Crippen molar-refractivity contribution in [1.29, 1.82) is 0 Å². The molecule has 2 heterocycles. The number of hydrogen-bond donors (Lipinski definition) is 1. The summed E-state index contributed by atoms with van der Waals surface area (Å²) >= 11 is 0. The van der Waals surface area contributed by atoms with Gasteiger partial charge in [0.15, 0.2) is 5.69 Å². The Balaban J connectivity index is 1.74. The molecular weight excluding hydrogens is 506 g/mol. The van der Waals surface area contributed by atoms with E-state index in [-0.39, 0.29) is 24.1 Å². The molecule has 0 radical (unpaired) electrons. The lowest BCUT2D eigenvalue weighted by atomic mass is 9.99. The molecule has 0 saturated heterocycles. The first-order valence-electron chi connectivity index (χ1n) is 13.1. The van der Waals surface area contributed by atoms with Gasteiger partial charge < -0.3 is 19.7 Å². The average Bonchev–Trinajstić information content (AvgIpc) is 3.33. The number of nitrogens with zero attached hydrogens (tertiary/aromatic N) is 4. The van der Waals surface area contributed by atoms with Crippen molar-refractivity contribution in [3.8, 4) is 28.4 Å². The number of fused-ring (bicyclic) bond motifs is 3. The number of amides is 2. The molecule has 9 nitrogen and oxygen atoms in total. The molecule has 5 rings (SSSR count). The molecule has 2 amide bonds. The zero-order valence-corrected chi connectivity index (χ0v) is 23.6. The van der Waals surface area contributed by atoms with Gasteiger partial charge in [-0.15, -0.1) is 5.10 Å². The van der Waals surface area contributed by atoms with Crippen LogP contribution in [0.2, 0.25) is 0 Å². The predicted molar refractivity (Wildman–Crippen MR) is 152 cm³/mol. The molecule has 1 N–H and O–H groups in total. The maximum atomic E-state index is 14.6. The molecule has 4 aromatic rings. The summed E-state index contributed by atoms with van der Waals surface area (Å²) in [6.45, 7) is 7.90. The number of rotatable bonds is 6. The summed E-state index contributed by atoms with van der Waals surface area (Å²) < 4.78 is 12.4. The second kappa shape index (κ2) is 10.5. The summed E-state index contributed by atoms with van der Waals surface area (Å²) in [5.74, 6) is 0.596. The lowest BCUT2D eigenvalue weighted by Crippen LogP contribution is -2.48. The Hall–Kier alpha value is -4.66. The van der Waals surface area contributed by atoms with Crippen LogP contribution in [0, 0.1) is 6.92 Å². The van der Waals surface area contributed by atoms with Crippen molar-refractivity contribution in [2.24, 2.45) is 0 Å². The van der Waals surface area contributed by atoms with Crippen LogP contribution in [0.5, 0.6) is 11.5 Å². The number of carbonyl (C=O) groups is 2. The van der Waals surface area contributed by atoms with Crippen molar-refractivity contribution in [2.75, 3.05) is 14.2 Å². The Morgan fingerprint density at radius 2 is 1.60 bits per heavy atom. The number of carbonyl (C=O) groups excluding carboxylic acids is 2. The summed E-state index contributed by atoms with van der Waals surface area (Å²) in [7, 11) is 3.17. The van der Waals surface area contributed by atoms with E-state index in [1.54, 1.807) is 31.3 Å². The minimum Gasteiger partial charge on any atom is -0.497 e. The Morgan fingerprint density at radius 1 is 0.950 bits per heavy atom. The fourth-order valence-electron chi connectivity index (χ4n) is 4.85. The maximum Gasteiger partial charge on any atom is 0.276 e. The fourth-order valence-corrected chi connectivity index (χ4v) is 4.85. The summed E-state index contributed by atoms with van der Waals surface area (Å²) in [5.41, 5.74) is 4.06. The molecule has 0 aliphatic carbocycles. The number of aromatic nitrogens is 3. The molecule has 40 heavy (non-hydrogen) atoms. The third-order valence-corrected chi connectivity index (χ3v) is 6.79. The van der Waals surface area contributed by atoms with E-state index in [1.165, 1.54) is 4.68 Å². The van der Waals surface area contributed by atoms with Crippen molar-refractivity contribution >= 4 is 11.8 Å². The van der Waals surface area contributed by atoms with Crippen molar-refractivity contribution in [1.82, 2.24) is 25.2 Å². The third kappa shape index (κ3) is 5.14. The minimum absolute atomic E-state index is 0.167. The highest BCUT2D eigenvalue weighted by molar-refractivity contribution is 6.02. The molecule has 0 spiro atoms. The zero-order chi connectivity index (χ0) is 28.6. The van der Waals surface area contributed by atoms with Crippen LogP contribution in [-0.4, -0.2) is 51.5 Å². The molecule has 0 bridgehead atoms. The van der Waals surface area contributed by atoms with Gasteiger partial charge >= 0.3 is 0 Å². The smallest absolute Gasteiger partial charge is 0.276 e.